The molecule has 0 aliphatic carbocycles. The second-order valence-corrected chi connectivity index (χ2v) is 5.41. The molecule has 110 valence electrons. The zero-order valence-corrected chi connectivity index (χ0v) is 13.0. The summed E-state index contributed by atoms with van der Waals surface area (Å²) in [5.74, 6) is -0.189. The molecule has 0 saturated carbocycles. The fraction of sp³-hybridized carbons (Fsp3) is 0.316. The Bertz CT molecular complexity index is 627. The molecule has 0 spiro atoms. The van der Waals surface area contributed by atoms with E-state index in [0.717, 1.165) is 40.8 Å². The van der Waals surface area contributed by atoms with Gasteiger partial charge in [0.15, 0.2) is 0 Å². The van der Waals surface area contributed by atoms with E-state index in [2.05, 4.69) is 24.1 Å². The molecule has 2 heteroatoms. The number of nitrogens with zero attached hydrogens (tertiary/aromatic N) is 1. The van der Waals surface area contributed by atoms with Crippen LogP contribution in [0.2, 0.25) is 0 Å². The van der Waals surface area contributed by atoms with Gasteiger partial charge < -0.3 is 0 Å². The fourth-order valence-electron chi connectivity index (χ4n) is 2.39. The maximum absolute atomic E-state index is 13.3. The molecular weight excluding hydrogens is 261 g/mol. The van der Waals surface area contributed by atoms with Crippen molar-refractivity contribution in [1.82, 2.24) is 4.98 Å². The molecule has 0 aliphatic rings. The summed E-state index contributed by atoms with van der Waals surface area (Å²) in [6, 6.07) is 9.08. The summed E-state index contributed by atoms with van der Waals surface area (Å²) in [5, 5.41) is 0. The van der Waals surface area contributed by atoms with Gasteiger partial charge in [-0.25, -0.2) is 4.39 Å². The van der Waals surface area contributed by atoms with Crippen molar-refractivity contribution in [3.05, 3.63) is 70.8 Å². The number of halogens is 1. The highest BCUT2D eigenvalue weighted by atomic mass is 19.1. The van der Waals surface area contributed by atoms with Gasteiger partial charge in [-0.3, -0.25) is 4.98 Å². The second-order valence-electron chi connectivity index (χ2n) is 5.41. The molecule has 0 saturated heterocycles. The Balaban J connectivity index is 2.45. The van der Waals surface area contributed by atoms with Crippen LogP contribution in [0.5, 0.6) is 0 Å². The second kappa shape index (κ2) is 7.16. The first kappa shape index (κ1) is 15.4. The van der Waals surface area contributed by atoms with Crippen LogP contribution in [-0.2, 0) is 0 Å². The molecule has 0 bridgehead atoms. The Hall–Kier alpha value is -1.96. The summed E-state index contributed by atoms with van der Waals surface area (Å²) in [6.45, 7) is 6.12. The quantitative estimate of drug-likeness (QED) is 0.664. The van der Waals surface area contributed by atoms with Crippen LogP contribution in [0.15, 0.2) is 42.6 Å². The van der Waals surface area contributed by atoms with Crippen molar-refractivity contribution in [2.24, 2.45) is 0 Å². The molecule has 0 fully saturated rings. The highest BCUT2D eigenvalue weighted by Crippen LogP contribution is 2.27. The topological polar surface area (TPSA) is 12.9 Å². The van der Waals surface area contributed by atoms with E-state index >= 15 is 0 Å². The Morgan fingerprint density at radius 1 is 1.19 bits per heavy atom. The van der Waals surface area contributed by atoms with Crippen LogP contribution in [-0.4, -0.2) is 4.98 Å². The van der Waals surface area contributed by atoms with Crippen LogP contribution < -0.4 is 0 Å². The largest absolute Gasteiger partial charge is 0.261 e. The predicted molar refractivity (Wildman–Crippen MR) is 86.7 cm³/mol. The predicted octanol–water partition coefficient (Wildman–Crippen LogP) is 5.46. The number of rotatable bonds is 5. The Morgan fingerprint density at radius 2 is 2.00 bits per heavy atom. The average molecular weight is 283 g/mol. The minimum absolute atomic E-state index is 0.189. The van der Waals surface area contributed by atoms with E-state index < -0.39 is 0 Å². The molecule has 1 nitrogen and oxygen atoms in total. The third-order valence-corrected chi connectivity index (χ3v) is 3.61. The normalized spacial score (nSPS) is 11.7. The van der Waals surface area contributed by atoms with Gasteiger partial charge in [0.05, 0.1) is 0 Å². The van der Waals surface area contributed by atoms with Gasteiger partial charge in [0.1, 0.15) is 5.82 Å². The number of benzene rings is 1. The van der Waals surface area contributed by atoms with Gasteiger partial charge >= 0.3 is 0 Å². The average Bonchev–Trinajstić information content (AvgIpc) is 2.46. The van der Waals surface area contributed by atoms with Gasteiger partial charge in [-0.1, -0.05) is 38.0 Å². The van der Waals surface area contributed by atoms with E-state index in [1.165, 1.54) is 12.5 Å². The third-order valence-electron chi connectivity index (χ3n) is 3.61. The molecule has 2 rings (SSSR count). The van der Waals surface area contributed by atoms with Crippen molar-refractivity contribution in [1.29, 1.82) is 0 Å². The molecule has 0 aliphatic heterocycles. The maximum atomic E-state index is 13.3. The molecule has 0 N–H and O–H groups in total. The molecule has 2 aromatic rings. The first-order valence-electron chi connectivity index (χ1n) is 7.51. The first-order chi connectivity index (χ1) is 10.1. The monoisotopic (exact) mass is 283 g/mol. The Labute approximate surface area is 126 Å². The molecule has 21 heavy (non-hydrogen) atoms. The van der Waals surface area contributed by atoms with Crippen LogP contribution in [0.25, 0.3) is 5.57 Å². The van der Waals surface area contributed by atoms with Crippen molar-refractivity contribution < 1.29 is 4.39 Å². The molecule has 1 aromatic carbocycles. The summed E-state index contributed by atoms with van der Waals surface area (Å²) in [7, 11) is 0. The molecule has 0 radical (unpaired) electrons. The maximum Gasteiger partial charge on any atom is 0.123 e. The van der Waals surface area contributed by atoms with E-state index in [-0.39, 0.29) is 5.82 Å². The van der Waals surface area contributed by atoms with E-state index in [1.54, 1.807) is 6.07 Å². The van der Waals surface area contributed by atoms with Gasteiger partial charge in [-0.15, -0.1) is 0 Å². The number of allylic oxidation sites excluding steroid dienone is 1. The summed E-state index contributed by atoms with van der Waals surface area (Å²) in [6.07, 6.45) is 7.49. The minimum atomic E-state index is -0.189. The van der Waals surface area contributed by atoms with Crippen molar-refractivity contribution in [2.75, 3.05) is 0 Å². The zero-order chi connectivity index (χ0) is 15.2. The van der Waals surface area contributed by atoms with Crippen LogP contribution in [0.4, 0.5) is 4.39 Å². The van der Waals surface area contributed by atoms with E-state index in [1.807, 2.05) is 32.2 Å². The summed E-state index contributed by atoms with van der Waals surface area (Å²) < 4.78 is 13.3. The van der Waals surface area contributed by atoms with Crippen LogP contribution >= 0.6 is 0 Å². The number of pyridine rings is 1. The lowest BCUT2D eigenvalue weighted by molar-refractivity contribution is 0.626. The van der Waals surface area contributed by atoms with Crippen LogP contribution in [0.3, 0.4) is 0 Å². The smallest absolute Gasteiger partial charge is 0.123 e. The molecule has 1 aromatic heterocycles. The van der Waals surface area contributed by atoms with Crippen LogP contribution in [0, 0.1) is 19.7 Å². The lowest BCUT2D eigenvalue weighted by Crippen LogP contribution is -1.94. The SMILES string of the molecule is CCCCC=C(c1ccc(C)nc1)c1ccc(F)cc1C. The van der Waals surface area contributed by atoms with Crippen molar-refractivity contribution in [2.45, 2.75) is 40.0 Å². The molecule has 0 unspecified atom stereocenters. The highest BCUT2D eigenvalue weighted by Gasteiger charge is 2.09. The van der Waals surface area contributed by atoms with Crippen molar-refractivity contribution in [3.8, 4) is 0 Å². The number of hydrogen-bond acceptors (Lipinski definition) is 1. The molecular formula is C19H22FN. The molecule has 0 atom stereocenters. The van der Waals surface area contributed by atoms with Gasteiger partial charge in [0.25, 0.3) is 0 Å². The Kier molecular flexibility index (Phi) is 5.26. The number of aryl methyl sites for hydroxylation is 2. The minimum Gasteiger partial charge on any atom is -0.261 e. The molecule has 0 amide bonds. The number of aromatic nitrogens is 1. The fourth-order valence-corrected chi connectivity index (χ4v) is 2.39. The van der Waals surface area contributed by atoms with Gasteiger partial charge in [0.2, 0.25) is 0 Å². The van der Waals surface area contributed by atoms with E-state index in [4.69, 9.17) is 0 Å². The highest BCUT2D eigenvalue weighted by molar-refractivity contribution is 5.81. The summed E-state index contributed by atoms with van der Waals surface area (Å²) in [4.78, 5) is 4.39. The molecule has 1 heterocycles. The zero-order valence-electron chi connectivity index (χ0n) is 13.0. The van der Waals surface area contributed by atoms with Gasteiger partial charge in [-0.2, -0.15) is 0 Å². The lowest BCUT2D eigenvalue weighted by Gasteiger charge is -2.12. The first-order valence-corrected chi connectivity index (χ1v) is 7.51. The van der Waals surface area contributed by atoms with E-state index in [0.29, 0.717) is 0 Å². The number of unbranched alkanes of at least 4 members (excludes halogenated alkanes) is 2. The summed E-state index contributed by atoms with van der Waals surface area (Å²) >= 11 is 0. The van der Waals surface area contributed by atoms with E-state index in [9.17, 15) is 4.39 Å². The Morgan fingerprint density at radius 3 is 2.62 bits per heavy atom. The third kappa shape index (κ3) is 4.01. The van der Waals surface area contributed by atoms with Crippen molar-refractivity contribution >= 4 is 5.57 Å². The summed E-state index contributed by atoms with van der Waals surface area (Å²) in [5.41, 5.74) is 5.28. The lowest BCUT2D eigenvalue weighted by atomic mass is 9.94. The van der Waals surface area contributed by atoms with Gasteiger partial charge in [0, 0.05) is 17.5 Å². The van der Waals surface area contributed by atoms with Crippen molar-refractivity contribution in [3.63, 3.8) is 0 Å². The standard InChI is InChI=1S/C19H22FN/c1-4-5-6-7-19(16-9-8-15(3)21-13-16)18-11-10-17(20)12-14(18)2/h7-13H,4-6H2,1-3H3. The van der Waals surface area contributed by atoms with Crippen LogP contribution in [0.1, 0.15) is 48.6 Å². The number of hydrogen-bond donors (Lipinski definition) is 0. The van der Waals surface area contributed by atoms with Gasteiger partial charge in [-0.05, 0) is 55.2 Å².